The molecule has 5 heteroatoms. The predicted octanol–water partition coefficient (Wildman–Crippen LogP) is 14.6. The molecule has 3 heterocycles. The second-order valence-electron chi connectivity index (χ2n) is 17.8. The molecule has 3 aromatic heterocycles. The number of fused-ring (bicyclic) bond motifs is 3. The van der Waals surface area contributed by atoms with E-state index in [9.17, 15) is 0 Å². The van der Waals surface area contributed by atoms with E-state index in [1.807, 2.05) is 15.2 Å². The topological polar surface area (TPSA) is 20.9 Å². The Bertz CT molecular complexity index is 3050. The Labute approximate surface area is 395 Å². The maximum atomic E-state index is 6.51. The van der Waals surface area contributed by atoms with E-state index in [-0.39, 0.29) is 20.1 Å². The number of pyridine rings is 2. The third-order valence-corrected chi connectivity index (χ3v) is 14.5. The molecule has 325 valence electrons. The summed E-state index contributed by atoms with van der Waals surface area (Å²) in [4.78, 5) is 0. The minimum absolute atomic E-state index is 0. The molecule has 64 heavy (non-hydrogen) atoms. The number of hydrogen-bond donors (Lipinski definition) is 0. The van der Waals surface area contributed by atoms with Gasteiger partial charge in [-0.15, -0.1) is 29.3 Å². The van der Waals surface area contributed by atoms with Crippen LogP contribution in [0, 0.1) is 34.9 Å². The van der Waals surface area contributed by atoms with Crippen LogP contribution in [0.4, 0.5) is 0 Å². The summed E-state index contributed by atoms with van der Waals surface area (Å²) in [5, 5.41) is 3.62. The molecule has 0 atom stereocenters. The molecular formula is C59H58IrN2OSi-2. The minimum atomic E-state index is -1.35. The molecule has 0 unspecified atom stereocenters. The van der Waals surface area contributed by atoms with Gasteiger partial charge in [0.1, 0.15) is 5.58 Å². The van der Waals surface area contributed by atoms with Gasteiger partial charge in [-0.25, -0.2) is 0 Å². The SMILES string of the molecule is [CH2-]c1cc(C)c(-c2ccccc2)cc1-c1ccc([Si](C)(C)C)c[n+]1[CH2-].[CH2-]c1cc2oc3cc(-c4ccccc4)cc(-c4ccccc4)c3c2cc1-c1cc(C(CC)CC)cc[n+]1[CH2-].[Ir]. The fourth-order valence-corrected chi connectivity index (χ4v) is 9.96. The Morgan fingerprint density at radius 3 is 1.72 bits per heavy atom. The second kappa shape index (κ2) is 19.2. The zero-order valence-electron chi connectivity index (χ0n) is 38.0. The van der Waals surface area contributed by atoms with Crippen LogP contribution in [0.25, 0.3) is 77.8 Å². The molecule has 3 nitrogen and oxygen atoms in total. The van der Waals surface area contributed by atoms with Gasteiger partial charge in [0.25, 0.3) is 0 Å². The van der Waals surface area contributed by atoms with Gasteiger partial charge in [-0.05, 0) is 64.3 Å². The smallest absolute Gasteiger partial charge is 0.134 e. The van der Waals surface area contributed by atoms with E-state index in [2.05, 4.69) is 226 Å². The molecule has 0 aliphatic rings. The van der Waals surface area contributed by atoms with Crippen LogP contribution in [0.1, 0.15) is 54.9 Å². The van der Waals surface area contributed by atoms with E-state index in [1.54, 1.807) is 0 Å². The summed E-state index contributed by atoms with van der Waals surface area (Å²) in [6.07, 6.45) is 6.48. The zero-order valence-corrected chi connectivity index (χ0v) is 41.4. The summed E-state index contributed by atoms with van der Waals surface area (Å²) in [6, 6.07) is 53.7. The van der Waals surface area contributed by atoms with Gasteiger partial charge in [-0.1, -0.05) is 172 Å². The maximum Gasteiger partial charge on any atom is 0.134 e. The van der Waals surface area contributed by atoms with Crippen molar-refractivity contribution >= 4 is 35.2 Å². The van der Waals surface area contributed by atoms with Crippen LogP contribution in [0.2, 0.25) is 19.6 Å². The summed E-state index contributed by atoms with van der Waals surface area (Å²) in [5.74, 6) is 0.530. The first kappa shape index (κ1) is 45.8. The van der Waals surface area contributed by atoms with Crippen LogP contribution in [-0.4, -0.2) is 8.07 Å². The van der Waals surface area contributed by atoms with E-state index in [0.717, 1.165) is 79.5 Å². The van der Waals surface area contributed by atoms with Crippen molar-refractivity contribution in [1.82, 2.24) is 0 Å². The van der Waals surface area contributed by atoms with Crippen molar-refractivity contribution in [3.8, 4) is 55.9 Å². The molecule has 0 saturated carbocycles. The van der Waals surface area contributed by atoms with Gasteiger partial charge in [0.15, 0.2) is 0 Å². The van der Waals surface area contributed by atoms with Crippen LogP contribution >= 0.6 is 0 Å². The second-order valence-corrected chi connectivity index (χ2v) is 22.9. The standard InChI is InChI=1S/C36H32NO.C23H26NSi.Ir/c1-5-25(6-2)28-17-18-37(4)33(21-28)30-23-32-34(19-24(30)3)38-35-22-29(26-13-9-7-10-14-26)20-31(36(32)35)27-15-11-8-12-16-27;1-17-14-18(2)22(15-21(17)19-10-8-7-9-11-19)23-13-12-20(16-24(23)3)25(4,5)6;/h7-23,25H,3-6H2,1-2H3;7-16H,2-3H2,1,4-6H3;/q2*-1;. The Morgan fingerprint density at radius 2 is 1.12 bits per heavy atom. The molecule has 0 spiro atoms. The van der Waals surface area contributed by atoms with Crippen LogP contribution in [0.15, 0.2) is 168 Å². The summed E-state index contributed by atoms with van der Waals surface area (Å²) in [7, 11) is 7.19. The van der Waals surface area contributed by atoms with Crippen molar-refractivity contribution in [3.63, 3.8) is 0 Å². The summed E-state index contributed by atoms with van der Waals surface area (Å²) in [5.41, 5.74) is 17.8. The normalized spacial score (nSPS) is 11.4. The number of benzene rings is 6. The predicted molar refractivity (Wildman–Crippen MR) is 269 cm³/mol. The first-order chi connectivity index (χ1) is 30.3. The molecule has 0 N–H and O–H groups in total. The average Bonchev–Trinajstić information content (AvgIpc) is 3.65. The number of rotatable bonds is 9. The van der Waals surface area contributed by atoms with Crippen molar-refractivity contribution in [2.75, 3.05) is 0 Å². The molecule has 0 amide bonds. The molecule has 1 radical (unpaired) electrons. The third-order valence-electron chi connectivity index (χ3n) is 12.5. The molecule has 0 bridgehead atoms. The number of nitrogens with zero attached hydrogens (tertiary/aromatic N) is 2. The molecule has 0 aliphatic heterocycles. The number of furan rings is 1. The van der Waals surface area contributed by atoms with Gasteiger partial charge >= 0.3 is 0 Å². The van der Waals surface area contributed by atoms with E-state index in [1.165, 1.54) is 38.6 Å². The molecule has 0 aliphatic carbocycles. The first-order valence-corrected chi connectivity index (χ1v) is 25.6. The Morgan fingerprint density at radius 1 is 0.547 bits per heavy atom. The molecule has 0 fully saturated rings. The van der Waals surface area contributed by atoms with Gasteiger partial charge in [0, 0.05) is 45.0 Å². The van der Waals surface area contributed by atoms with Crippen molar-refractivity contribution in [2.24, 2.45) is 0 Å². The monoisotopic (exact) mass is 1030 g/mol. The summed E-state index contributed by atoms with van der Waals surface area (Å²) in [6.45, 7) is 22.4. The Kier molecular flexibility index (Phi) is 13.8. The molecule has 9 aromatic rings. The Balaban J connectivity index is 0.000000205. The van der Waals surface area contributed by atoms with Gasteiger partial charge in [-0.3, -0.25) is 0 Å². The van der Waals surface area contributed by atoms with Crippen molar-refractivity contribution in [3.05, 3.63) is 214 Å². The minimum Gasteiger partial charge on any atom is -0.469 e. The van der Waals surface area contributed by atoms with E-state index >= 15 is 0 Å². The molecular weight excluding hydrogens is 973 g/mol. The third kappa shape index (κ3) is 9.35. The van der Waals surface area contributed by atoms with E-state index < -0.39 is 8.07 Å². The van der Waals surface area contributed by atoms with Crippen molar-refractivity contribution < 1.29 is 33.7 Å². The first-order valence-electron chi connectivity index (χ1n) is 22.1. The van der Waals surface area contributed by atoms with E-state index in [4.69, 9.17) is 4.42 Å². The average molecular weight is 1030 g/mol. The Hall–Kier alpha value is -6.23. The van der Waals surface area contributed by atoms with Gasteiger partial charge in [0.2, 0.25) is 0 Å². The quantitative estimate of drug-likeness (QED) is 0.0802. The molecule has 9 rings (SSSR count). The van der Waals surface area contributed by atoms with Crippen LogP contribution < -0.4 is 14.3 Å². The fourth-order valence-electron chi connectivity index (χ4n) is 8.83. The van der Waals surface area contributed by atoms with Crippen molar-refractivity contribution in [2.45, 2.75) is 59.2 Å². The van der Waals surface area contributed by atoms with Crippen LogP contribution in [0.3, 0.4) is 0 Å². The van der Waals surface area contributed by atoms with Crippen LogP contribution in [-0.2, 0) is 20.1 Å². The van der Waals surface area contributed by atoms with Gasteiger partial charge < -0.3 is 13.6 Å². The molecule has 0 saturated heterocycles. The maximum absolute atomic E-state index is 6.51. The summed E-state index contributed by atoms with van der Waals surface area (Å²) < 4.78 is 10.5. The van der Waals surface area contributed by atoms with Gasteiger partial charge in [-0.2, -0.15) is 31.0 Å². The largest absolute Gasteiger partial charge is 0.469 e. The number of aryl methyl sites for hydroxylation is 1. The van der Waals surface area contributed by atoms with E-state index in [0.29, 0.717) is 5.92 Å². The number of aromatic nitrogens is 2. The number of hydrogen-bond acceptors (Lipinski definition) is 1. The van der Waals surface area contributed by atoms with Crippen molar-refractivity contribution in [1.29, 1.82) is 0 Å². The van der Waals surface area contributed by atoms with Gasteiger partial charge in [0.05, 0.1) is 37.4 Å². The zero-order chi connectivity index (χ0) is 44.4. The summed E-state index contributed by atoms with van der Waals surface area (Å²) >= 11 is 0. The van der Waals surface area contributed by atoms with Crippen LogP contribution in [0.5, 0.6) is 0 Å². The fraction of sp³-hybridized carbons (Fsp3) is 0.153. The molecule has 6 aromatic carbocycles.